The summed E-state index contributed by atoms with van der Waals surface area (Å²) in [6.07, 6.45) is -0.569. The van der Waals surface area contributed by atoms with Gasteiger partial charge in [-0.05, 0) is 24.3 Å². The molecule has 4 nitrogen and oxygen atoms in total. The number of benzene rings is 1. The van der Waals surface area contributed by atoms with Crippen molar-refractivity contribution in [2.45, 2.75) is 6.10 Å². The molecule has 1 unspecified atom stereocenters. The van der Waals surface area contributed by atoms with Gasteiger partial charge in [-0.15, -0.1) is 11.6 Å². The van der Waals surface area contributed by atoms with Crippen LogP contribution in [0.4, 0.5) is 5.69 Å². The van der Waals surface area contributed by atoms with Crippen LogP contribution >= 0.6 is 11.6 Å². The summed E-state index contributed by atoms with van der Waals surface area (Å²) in [5.74, 6) is 0.0795. The molecule has 3 N–H and O–H groups in total. The van der Waals surface area contributed by atoms with Crippen molar-refractivity contribution >= 4 is 23.2 Å². The molecule has 0 radical (unpaired) electrons. The van der Waals surface area contributed by atoms with Gasteiger partial charge in [0, 0.05) is 24.8 Å². The zero-order valence-corrected chi connectivity index (χ0v) is 9.79. The fourth-order valence-corrected chi connectivity index (χ4v) is 1.28. The van der Waals surface area contributed by atoms with Crippen LogP contribution in [0.1, 0.15) is 10.4 Å². The minimum Gasteiger partial charge on any atom is -0.390 e. The van der Waals surface area contributed by atoms with E-state index in [0.717, 1.165) is 5.69 Å². The molecule has 1 aromatic rings. The number of hydrogen-bond acceptors (Lipinski definition) is 3. The van der Waals surface area contributed by atoms with E-state index in [1.165, 1.54) is 0 Å². The molecule has 0 bridgehead atoms. The van der Waals surface area contributed by atoms with Crippen molar-refractivity contribution in [1.29, 1.82) is 0 Å². The quantitative estimate of drug-likeness (QED) is 0.677. The minimum absolute atomic E-state index is 0.118. The van der Waals surface area contributed by atoms with Crippen LogP contribution in [0.15, 0.2) is 24.3 Å². The summed E-state index contributed by atoms with van der Waals surface area (Å²) >= 11 is 5.46. The van der Waals surface area contributed by atoms with Crippen LogP contribution in [0.5, 0.6) is 0 Å². The van der Waals surface area contributed by atoms with Crippen LogP contribution in [-0.2, 0) is 0 Å². The topological polar surface area (TPSA) is 61.4 Å². The average molecular weight is 243 g/mol. The number of halogens is 1. The second kappa shape index (κ2) is 6.35. The molecule has 0 saturated carbocycles. The molecule has 0 aromatic heterocycles. The molecule has 0 aliphatic heterocycles. The molecule has 0 aliphatic rings. The van der Waals surface area contributed by atoms with Crippen molar-refractivity contribution in [3.63, 3.8) is 0 Å². The van der Waals surface area contributed by atoms with Gasteiger partial charge >= 0.3 is 0 Å². The number of carbonyl (C=O) groups excluding carboxylic acids is 1. The molecule has 1 amide bonds. The fourth-order valence-electron chi connectivity index (χ4n) is 1.17. The van der Waals surface area contributed by atoms with Gasteiger partial charge in [-0.25, -0.2) is 0 Å². The number of carbonyl (C=O) groups is 1. The number of rotatable bonds is 5. The van der Waals surface area contributed by atoms with Crippen molar-refractivity contribution in [1.82, 2.24) is 5.32 Å². The van der Waals surface area contributed by atoms with Crippen molar-refractivity contribution in [2.24, 2.45) is 0 Å². The summed E-state index contributed by atoms with van der Waals surface area (Å²) < 4.78 is 0. The Kier molecular flexibility index (Phi) is 5.08. The van der Waals surface area contributed by atoms with Gasteiger partial charge in [0.25, 0.3) is 5.91 Å². The molecule has 16 heavy (non-hydrogen) atoms. The Balaban J connectivity index is 2.54. The van der Waals surface area contributed by atoms with Gasteiger partial charge in [-0.3, -0.25) is 4.79 Å². The van der Waals surface area contributed by atoms with E-state index in [4.69, 9.17) is 11.6 Å². The fraction of sp³-hybridized carbons (Fsp3) is 0.364. The van der Waals surface area contributed by atoms with Crippen molar-refractivity contribution < 1.29 is 9.90 Å². The Labute approximate surface area is 99.6 Å². The van der Waals surface area contributed by atoms with E-state index >= 15 is 0 Å². The number of alkyl halides is 1. The summed E-state index contributed by atoms with van der Waals surface area (Å²) in [5.41, 5.74) is 1.45. The summed E-state index contributed by atoms with van der Waals surface area (Å²) in [7, 11) is 1.59. The third kappa shape index (κ3) is 3.72. The molecule has 0 fully saturated rings. The average Bonchev–Trinajstić information content (AvgIpc) is 2.35. The lowest BCUT2D eigenvalue weighted by Crippen LogP contribution is -2.21. The SMILES string of the molecule is CNC(=O)c1ccc(NCC(O)CCl)cc1. The van der Waals surface area contributed by atoms with Crippen LogP contribution in [0, 0.1) is 0 Å². The first kappa shape index (κ1) is 12.8. The van der Waals surface area contributed by atoms with Crippen molar-refractivity contribution in [3.8, 4) is 0 Å². The van der Waals surface area contributed by atoms with E-state index in [-0.39, 0.29) is 11.8 Å². The molecule has 88 valence electrons. The van der Waals surface area contributed by atoms with Gasteiger partial charge in [-0.2, -0.15) is 0 Å². The Bertz CT molecular complexity index is 340. The van der Waals surface area contributed by atoms with Gasteiger partial charge in [0.15, 0.2) is 0 Å². The second-order valence-electron chi connectivity index (χ2n) is 3.35. The first-order valence-corrected chi connectivity index (χ1v) is 5.51. The molecular weight excluding hydrogens is 228 g/mol. The van der Waals surface area contributed by atoms with E-state index in [9.17, 15) is 9.90 Å². The highest BCUT2D eigenvalue weighted by atomic mass is 35.5. The number of anilines is 1. The van der Waals surface area contributed by atoms with E-state index in [0.29, 0.717) is 12.1 Å². The Hall–Kier alpha value is -1.26. The lowest BCUT2D eigenvalue weighted by molar-refractivity contribution is 0.0963. The predicted octanol–water partition coefficient (Wildman–Crippen LogP) is 1.06. The predicted molar refractivity (Wildman–Crippen MR) is 65.0 cm³/mol. The smallest absolute Gasteiger partial charge is 0.251 e. The maximum Gasteiger partial charge on any atom is 0.251 e. The molecule has 1 rings (SSSR count). The van der Waals surface area contributed by atoms with Gasteiger partial charge in [0.05, 0.1) is 12.0 Å². The largest absolute Gasteiger partial charge is 0.390 e. The first-order valence-electron chi connectivity index (χ1n) is 4.97. The number of amides is 1. The molecule has 0 heterocycles. The number of aliphatic hydroxyl groups excluding tert-OH is 1. The Morgan fingerprint density at radius 2 is 2.06 bits per heavy atom. The van der Waals surface area contributed by atoms with E-state index < -0.39 is 6.10 Å². The van der Waals surface area contributed by atoms with Crippen molar-refractivity contribution in [2.75, 3.05) is 24.8 Å². The maximum absolute atomic E-state index is 11.2. The summed E-state index contributed by atoms with van der Waals surface area (Å²) in [6.45, 7) is 0.392. The van der Waals surface area contributed by atoms with Crippen LogP contribution in [0.3, 0.4) is 0 Å². The zero-order chi connectivity index (χ0) is 12.0. The molecule has 0 spiro atoms. The Morgan fingerprint density at radius 3 is 2.56 bits per heavy atom. The third-order valence-electron chi connectivity index (χ3n) is 2.09. The zero-order valence-electron chi connectivity index (χ0n) is 9.03. The molecule has 5 heteroatoms. The van der Waals surface area contributed by atoms with E-state index in [1.54, 1.807) is 31.3 Å². The summed E-state index contributed by atoms with van der Waals surface area (Å²) in [6, 6.07) is 7.00. The molecule has 0 aliphatic carbocycles. The lowest BCUT2D eigenvalue weighted by Gasteiger charge is -2.10. The Morgan fingerprint density at radius 1 is 1.44 bits per heavy atom. The van der Waals surface area contributed by atoms with E-state index in [1.807, 2.05) is 0 Å². The van der Waals surface area contributed by atoms with Gasteiger partial charge in [-0.1, -0.05) is 0 Å². The van der Waals surface area contributed by atoms with Gasteiger partial charge in [0.2, 0.25) is 0 Å². The van der Waals surface area contributed by atoms with Crippen LogP contribution in [0.25, 0.3) is 0 Å². The lowest BCUT2D eigenvalue weighted by atomic mass is 10.2. The van der Waals surface area contributed by atoms with Gasteiger partial charge in [0.1, 0.15) is 0 Å². The standard InChI is InChI=1S/C11H15ClN2O2/c1-13-11(16)8-2-4-9(5-3-8)14-7-10(15)6-12/h2-5,10,14-15H,6-7H2,1H3,(H,13,16). The third-order valence-corrected chi connectivity index (χ3v) is 2.45. The second-order valence-corrected chi connectivity index (χ2v) is 3.65. The summed E-state index contributed by atoms with van der Waals surface area (Å²) in [5, 5.41) is 14.8. The van der Waals surface area contributed by atoms with E-state index in [2.05, 4.69) is 10.6 Å². The molecular formula is C11H15ClN2O2. The minimum atomic E-state index is -0.569. The maximum atomic E-state index is 11.2. The van der Waals surface area contributed by atoms with Gasteiger partial charge < -0.3 is 15.7 Å². The first-order chi connectivity index (χ1) is 7.67. The highest BCUT2D eigenvalue weighted by Gasteiger charge is 2.03. The number of hydrogen-bond donors (Lipinski definition) is 3. The number of aliphatic hydroxyl groups is 1. The molecule has 0 saturated heterocycles. The molecule has 1 atom stereocenters. The normalized spacial score (nSPS) is 11.9. The highest BCUT2D eigenvalue weighted by Crippen LogP contribution is 2.09. The highest BCUT2D eigenvalue weighted by molar-refractivity contribution is 6.18. The van der Waals surface area contributed by atoms with Crippen LogP contribution < -0.4 is 10.6 Å². The summed E-state index contributed by atoms with van der Waals surface area (Å²) in [4.78, 5) is 11.2. The van der Waals surface area contributed by atoms with Crippen molar-refractivity contribution in [3.05, 3.63) is 29.8 Å². The monoisotopic (exact) mass is 242 g/mol. The molecule has 1 aromatic carbocycles. The number of nitrogens with one attached hydrogen (secondary N) is 2. The van der Waals surface area contributed by atoms with Crippen LogP contribution in [0.2, 0.25) is 0 Å². The van der Waals surface area contributed by atoms with Crippen LogP contribution in [-0.4, -0.2) is 36.6 Å².